The van der Waals surface area contributed by atoms with Crippen LogP contribution >= 0.6 is 0 Å². The normalized spacial score (nSPS) is 16.7. The van der Waals surface area contributed by atoms with Crippen molar-refractivity contribution in [1.82, 2.24) is 24.6 Å². The fourth-order valence-electron chi connectivity index (χ4n) is 4.01. The molecule has 4 aromatic rings. The lowest BCUT2D eigenvalue weighted by Gasteiger charge is -2.31. The Bertz CT molecular complexity index is 1200. The molecule has 1 aliphatic rings. The SMILES string of the molecule is Cc1cc2ccccc2n1CCC(=O)N1CCO[C@@H](c2nc(-c3cccnc3)no2)C1. The molecule has 1 amide bonds. The van der Waals surface area contributed by atoms with Gasteiger partial charge >= 0.3 is 0 Å². The maximum Gasteiger partial charge on any atom is 0.257 e. The number of hydrogen-bond donors (Lipinski definition) is 0. The zero-order valence-corrected chi connectivity index (χ0v) is 17.3. The summed E-state index contributed by atoms with van der Waals surface area (Å²) in [5.74, 6) is 0.936. The molecule has 0 spiro atoms. The summed E-state index contributed by atoms with van der Waals surface area (Å²) in [6.45, 7) is 4.12. The van der Waals surface area contributed by atoms with Crippen molar-refractivity contribution in [3.8, 4) is 11.4 Å². The Kier molecular flexibility index (Phi) is 5.21. The summed E-state index contributed by atoms with van der Waals surface area (Å²) in [6, 6.07) is 14.1. The van der Waals surface area contributed by atoms with Crippen LogP contribution in [0.3, 0.4) is 0 Å². The number of aromatic nitrogens is 4. The average Bonchev–Trinajstić information content (AvgIpc) is 3.43. The van der Waals surface area contributed by atoms with Crippen LogP contribution in [0.25, 0.3) is 22.3 Å². The van der Waals surface area contributed by atoms with Gasteiger partial charge in [-0.25, -0.2) is 0 Å². The molecule has 3 aromatic heterocycles. The highest BCUT2D eigenvalue weighted by atomic mass is 16.5. The zero-order valence-electron chi connectivity index (χ0n) is 17.3. The molecule has 0 radical (unpaired) electrons. The molecule has 0 aliphatic carbocycles. The van der Waals surface area contributed by atoms with Crippen LogP contribution in [-0.4, -0.2) is 50.2 Å². The van der Waals surface area contributed by atoms with Gasteiger partial charge in [-0.2, -0.15) is 4.98 Å². The predicted molar refractivity (Wildman–Crippen MR) is 114 cm³/mol. The number of fused-ring (bicyclic) bond motifs is 1. The Hall–Kier alpha value is -3.52. The first kappa shape index (κ1) is 19.4. The molecule has 1 atom stereocenters. The first-order chi connectivity index (χ1) is 15.2. The Morgan fingerprint density at radius 1 is 1.23 bits per heavy atom. The minimum absolute atomic E-state index is 0.0949. The van der Waals surface area contributed by atoms with Gasteiger partial charge in [0.2, 0.25) is 11.7 Å². The number of carbonyl (C=O) groups is 1. The lowest BCUT2D eigenvalue weighted by molar-refractivity contribution is -0.140. The van der Waals surface area contributed by atoms with E-state index in [-0.39, 0.29) is 5.91 Å². The molecule has 1 aliphatic heterocycles. The van der Waals surface area contributed by atoms with Crippen LogP contribution in [-0.2, 0) is 16.1 Å². The van der Waals surface area contributed by atoms with Crippen molar-refractivity contribution in [2.45, 2.75) is 26.0 Å². The number of hydrogen-bond acceptors (Lipinski definition) is 6. The molecule has 5 rings (SSSR count). The van der Waals surface area contributed by atoms with E-state index in [0.29, 0.717) is 44.4 Å². The van der Waals surface area contributed by atoms with E-state index < -0.39 is 6.10 Å². The minimum atomic E-state index is -0.426. The van der Waals surface area contributed by atoms with Crippen LogP contribution in [0.15, 0.2) is 59.4 Å². The topological polar surface area (TPSA) is 86.3 Å². The molecule has 0 bridgehead atoms. The molecule has 0 saturated carbocycles. The predicted octanol–water partition coefficient (Wildman–Crippen LogP) is 3.38. The van der Waals surface area contributed by atoms with E-state index in [1.165, 1.54) is 5.39 Å². The molecule has 8 nitrogen and oxygen atoms in total. The average molecular weight is 417 g/mol. The third kappa shape index (κ3) is 3.94. The third-order valence-corrected chi connectivity index (χ3v) is 5.62. The quantitative estimate of drug-likeness (QED) is 0.495. The van der Waals surface area contributed by atoms with Crippen molar-refractivity contribution in [3.63, 3.8) is 0 Å². The van der Waals surface area contributed by atoms with E-state index in [9.17, 15) is 4.79 Å². The van der Waals surface area contributed by atoms with Gasteiger partial charge in [0.1, 0.15) is 0 Å². The molecule has 158 valence electrons. The fourth-order valence-corrected chi connectivity index (χ4v) is 4.01. The summed E-state index contributed by atoms with van der Waals surface area (Å²) < 4.78 is 13.4. The van der Waals surface area contributed by atoms with Gasteiger partial charge in [-0.3, -0.25) is 9.78 Å². The molecule has 0 unspecified atom stereocenters. The molecule has 4 heterocycles. The minimum Gasteiger partial charge on any atom is -0.365 e. The van der Waals surface area contributed by atoms with Crippen molar-refractivity contribution in [1.29, 1.82) is 0 Å². The van der Waals surface area contributed by atoms with Crippen LogP contribution < -0.4 is 0 Å². The molecule has 0 N–H and O–H groups in total. The lowest BCUT2D eigenvalue weighted by Crippen LogP contribution is -2.42. The summed E-state index contributed by atoms with van der Waals surface area (Å²) in [7, 11) is 0. The van der Waals surface area contributed by atoms with Gasteiger partial charge in [-0.15, -0.1) is 0 Å². The zero-order chi connectivity index (χ0) is 21.2. The van der Waals surface area contributed by atoms with Crippen molar-refractivity contribution < 1.29 is 14.1 Å². The summed E-state index contributed by atoms with van der Waals surface area (Å²) in [5.41, 5.74) is 3.08. The second-order valence-corrected chi connectivity index (χ2v) is 7.64. The van der Waals surface area contributed by atoms with Gasteiger partial charge in [-0.05, 0) is 36.6 Å². The fraction of sp³-hybridized carbons (Fsp3) is 0.304. The third-order valence-electron chi connectivity index (χ3n) is 5.62. The number of aryl methyl sites for hydroxylation is 2. The van der Waals surface area contributed by atoms with Gasteiger partial charge in [-0.1, -0.05) is 23.4 Å². The number of carbonyl (C=O) groups excluding carboxylic acids is 1. The van der Waals surface area contributed by atoms with Crippen molar-refractivity contribution in [3.05, 3.63) is 66.4 Å². The number of pyridine rings is 1. The second kappa shape index (κ2) is 8.31. The maximum atomic E-state index is 12.9. The van der Waals surface area contributed by atoms with Gasteiger partial charge in [0.15, 0.2) is 6.10 Å². The number of rotatable bonds is 5. The molecule has 1 saturated heterocycles. The highest BCUT2D eigenvalue weighted by molar-refractivity contribution is 5.82. The monoisotopic (exact) mass is 417 g/mol. The number of benzene rings is 1. The van der Waals surface area contributed by atoms with Gasteiger partial charge in [0.05, 0.1) is 13.2 Å². The number of morpholine rings is 1. The molecular formula is C23H23N5O3. The van der Waals surface area contributed by atoms with E-state index in [1.54, 1.807) is 12.4 Å². The Morgan fingerprint density at radius 3 is 3.00 bits per heavy atom. The number of nitrogens with zero attached hydrogens (tertiary/aromatic N) is 5. The van der Waals surface area contributed by atoms with E-state index in [2.05, 4.69) is 44.8 Å². The van der Waals surface area contributed by atoms with E-state index in [1.807, 2.05) is 29.2 Å². The van der Waals surface area contributed by atoms with Gasteiger partial charge in [0, 0.05) is 48.7 Å². The molecule has 1 fully saturated rings. The van der Waals surface area contributed by atoms with Crippen molar-refractivity contribution in [2.75, 3.05) is 19.7 Å². The molecule has 1 aromatic carbocycles. The number of amides is 1. The Labute approximate surface area is 179 Å². The number of ether oxygens (including phenoxy) is 1. The second-order valence-electron chi connectivity index (χ2n) is 7.64. The van der Waals surface area contributed by atoms with Gasteiger partial charge < -0.3 is 18.7 Å². The summed E-state index contributed by atoms with van der Waals surface area (Å²) >= 11 is 0. The summed E-state index contributed by atoms with van der Waals surface area (Å²) in [5, 5.41) is 5.22. The largest absolute Gasteiger partial charge is 0.365 e. The van der Waals surface area contributed by atoms with Crippen LogP contribution in [0.2, 0.25) is 0 Å². The van der Waals surface area contributed by atoms with Gasteiger partial charge in [0.25, 0.3) is 5.89 Å². The number of para-hydroxylation sites is 1. The van der Waals surface area contributed by atoms with E-state index in [4.69, 9.17) is 9.26 Å². The highest BCUT2D eigenvalue weighted by Gasteiger charge is 2.29. The first-order valence-corrected chi connectivity index (χ1v) is 10.4. The van der Waals surface area contributed by atoms with Crippen LogP contribution in [0.4, 0.5) is 0 Å². The van der Waals surface area contributed by atoms with E-state index in [0.717, 1.165) is 16.8 Å². The Morgan fingerprint density at radius 2 is 2.13 bits per heavy atom. The van der Waals surface area contributed by atoms with Crippen LogP contribution in [0, 0.1) is 6.92 Å². The Balaban J connectivity index is 1.24. The van der Waals surface area contributed by atoms with Crippen LogP contribution in [0.5, 0.6) is 0 Å². The summed E-state index contributed by atoms with van der Waals surface area (Å²) in [6.07, 6.45) is 3.37. The molecular weight excluding hydrogens is 394 g/mol. The lowest BCUT2D eigenvalue weighted by atomic mass is 10.2. The van der Waals surface area contributed by atoms with Crippen molar-refractivity contribution in [2.24, 2.45) is 0 Å². The maximum absolute atomic E-state index is 12.9. The summed E-state index contributed by atoms with van der Waals surface area (Å²) in [4.78, 5) is 23.3. The standard InChI is InChI=1S/C23H23N5O3/c1-16-13-17-5-2-3-7-19(17)28(16)10-8-21(29)27-11-12-30-20(15-27)23-25-22(26-31-23)18-6-4-9-24-14-18/h2-7,9,13-14,20H,8,10-12,15H2,1H3/t20-/m1/s1. The van der Waals surface area contributed by atoms with Crippen LogP contribution in [0.1, 0.15) is 24.1 Å². The molecule has 8 heteroatoms. The molecule has 31 heavy (non-hydrogen) atoms. The van der Waals surface area contributed by atoms with E-state index >= 15 is 0 Å². The first-order valence-electron chi connectivity index (χ1n) is 10.4. The smallest absolute Gasteiger partial charge is 0.257 e. The van der Waals surface area contributed by atoms with Crippen molar-refractivity contribution >= 4 is 16.8 Å². The highest BCUT2D eigenvalue weighted by Crippen LogP contribution is 2.24.